The van der Waals surface area contributed by atoms with Crippen molar-refractivity contribution in [2.75, 3.05) is 40.3 Å². The maximum absolute atomic E-state index is 12.4. The molecular formula is C44H58N2O8. The van der Waals surface area contributed by atoms with Crippen LogP contribution in [0.15, 0.2) is 70.3 Å². The summed E-state index contributed by atoms with van der Waals surface area (Å²) in [7, 11) is 4.45. The van der Waals surface area contributed by atoms with E-state index >= 15 is 0 Å². The van der Waals surface area contributed by atoms with Crippen molar-refractivity contribution in [3.63, 3.8) is 0 Å². The number of ketones is 4. The number of Topliss-reactive ketones (excluding diaryl/α,β-unsaturated/α-hetero) is 2. The van der Waals surface area contributed by atoms with E-state index in [0.29, 0.717) is 49.7 Å². The molecule has 54 heavy (non-hydrogen) atoms. The summed E-state index contributed by atoms with van der Waals surface area (Å²) in [4.78, 5) is 49.2. The summed E-state index contributed by atoms with van der Waals surface area (Å²) in [5.41, 5.74) is -1.13. The quantitative estimate of drug-likeness (QED) is 0.236. The number of rotatable bonds is 4. The number of quaternary nitrogens is 2. The van der Waals surface area contributed by atoms with Gasteiger partial charge in [-0.3, -0.25) is 19.2 Å². The molecule has 10 nitrogen and oxygen atoms in total. The normalized spacial score (nSPS) is 42.9. The predicted octanol–water partition coefficient (Wildman–Crippen LogP) is 4.85. The number of piperidine rings is 2. The number of hydrogen-bond acceptors (Lipinski definition) is 8. The van der Waals surface area contributed by atoms with Gasteiger partial charge in [-0.15, -0.1) is 0 Å². The van der Waals surface area contributed by atoms with Crippen LogP contribution < -0.4 is 0 Å². The number of fused-ring (bicyclic) bond motifs is 2. The molecule has 6 fully saturated rings. The second kappa shape index (κ2) is 12.5. The van der Waals surface area contributed by atoms with E-state index in [4.69, 9.17) is 0 Å². The van der Waals surface area contributed by atoms with E-state index in [1.807, 2.05) is 0 Å². The molecule has 10 heteroatoms. The zero-order chi connectivity index (χ0) is 36.6. The van der Waals surface area contributed by atoms with E-state index in [1.54, 1.807) is 12.2 Å². The van der Waals surface area contributed by atoms with Crippen LogP contribution in [0.2, 0.25) is 0 Å². The average molecular weight is 743 g/mol. The molecule has 2 unspecified atom stereocenters. The SMILES string of the molecule is C[N+]1(CC2CC2)CC[C@]23CC(=O)CC[C@@]2(O)[C@H]1C=C1C=CC(=O)C(O)=C13.C[N+]1(CC2CC2)CC[C@]23CC(=O)CC[C@@]2(O)[C@H]1C=C1C=CC(=O)C(O)=C13.[CH3-].[CH3-]. The van der Waals surface area contributed by atoms with Gasteiger partial charge in [-0.2, -0.15) is 0 Å². The standard InChI is InChI=1S/2C21H25NO4.2CH3/c2*1-22(12-13-2-3-13)9-8-20-11-15(23)6-7-21(20,26)17(22)10-14-4-5-16(24)19(25)18(14)20;;/h2*4-5,10,13,17,26H,2-3,6-9,11-12H2,1H3;2*1H3/q;;2*-1/p+2/t2*17-,20-,21-,22?;;/m11../s1. The molecule has 10 rings (SSSR count). The van der Waals surface area contributed by atoms with Gasteiger partial charge in [-0.25, -0.2) is 0 Å². The minimum Gasteiger partial charge on any atom is -0.504 e. The first-order valence-electron chi connectivity index (χ1n) is 19.5. The van der Waals surface area contributed by atoms with Gasteiger partial charge in [-0.05, 0) is 74.0 Å². The van der Waals surface area contributed by atoms with Crippen molar-refractivity contribution in [2.45, 2.75) is 100 Å². The van der Waals surface area contributed by atoms with Gasteiger partial charge in [0.1, 0.15) is 34.9 Å². The first-order valence-corrected chi connectivity index (χ1v) is 19.5. The molecular weight excluding hydrogens is 684 g/mol. The Morgan fingerprint density at radius 3 is 1.33 bits per heavy atom. The van der Waals surface area contributed by atoms with Crippen molar-refractivity contribution in [1.29, 1.82) is 0 Å². The van der Waals surface area contributed by atoms with Crippen LogP contribution in [0.4, 0.5) is 0 Å². The molecule has 0 spiro atoms. The minimum absolute atomic E-state index is 0. The Hall–Kier alpha value is -3.44. The first kappa shape index (κ1) is 38.8. The molecule has 0 aromatic heterocycles. The summed E-state index contributed by atoms with van der Waals surface area (Å²) in [6, 6.07) is -0.205. The summed E-state index contributed by atoms with van der Waals surface area (Å²) >= 11 is 0. The lowest BCUT2D eigenvalue weighted by Gasteiger charge is -2.64. The molecule has 0 radical (unpaired) electrons. The first-order chi connectivity index (χ1) is 24.6. The van der Waals surface area contributed by atoms with Gasteiger partial charge in [0.25, 0.3) is 0 Å². The molecule has 8 aliphatic carbocycles. The molecule has 0 aromatic rings. The van der Waals surface area contributed by atoms with Crippen LogP contribution in [0.25, 0.3) is 0 Å². The Bertz CT molecular complexity index is 1780. The number of aliphatic hydroxyl groups is 4. The largest absolute Gasteiger partial charge is 0.504 e. The van der Waals surface area contributed by atoms with Gasteiger partial charge in [-0.1, -0.05) is 12.2 Å². The fraction of sp³-hybridized carbons (Fsp3) is 0.591. The van der Waals surface area contributed by atoms with Crippen LogP contribution in [-0.4, -0.2) is 116 Å². The van der Waals surface area contributed by atoms with E-state index in [-0.39, 0.29) is 62.9 Å². The van der Waals surface area contributed by atoms with Gasteiger partial charge >= 0.3 is 0 Å². The van der Waals surface area contributed by atoms with Crippen molar-refractivity contribution in [2.24, 2.45) is 22.7 Å². The number of likely N-dealkylation sites (N-methyl/N-ethyl adjacent to an activating group) is 2. The summed E-state index contributed by atoms with van der Waals surface area (Å²) in [5, 5.41) is 45.2. The van der Waals surface area contributed by atoms with Gasteiger partial charge in [0.15, 0.2) is 11.5 Å². The summed E-state index contributed by atoms with van der Waals surface area (Å²) in [6.45, 7) is 3.81. The highest BCUT2D eigenvalue weighted by Gasteiger charge is 2.72. The number of carbonyl (C=O) groups is 4. The fourth-order valence-electron chi connectivity index (χ4n) is 12.5. The lowest BCUT2D eigenvalue weighted by molar-refractivity contribution is -0.944. The van der Waals surface area contributed by atoms with Crippen molar-refractivity contribution < 1.29 is 48.6 Å². The molecule has 2 aliphatic heterocycles. The lowest BCUT2D eigenvalue weighted by Crippen LogP contribution is -2.76. The van der Waals surface area contributed by atoms with E-state index in [9.17, 15) is 39.6 Å². The topological polar surface area (TPSA) is 149 Å². The smallest absolute Gasteiger partial charge is 0.220 e. The highest BCUT2D eigenvalue weighted by Crippen LogP contribution is 2.64. The fourth-order valence-corrected chi connectivity index (χ4v) is 12.5. The average Bonchev–Trinajstić information content (AvgIpc) is 4.04. The lowest BCUT2D eigenvalue weighted by atomic mass is 9.48. The summed E-state index contributed by atoms with van der Waals surface area (Å²) in [6.07, 6.45) is 18.8. The number of likely N-dealkylation sites (tertiary alicyclic amines) is 2. The van der Waals surface area contributed by atoms with E-state index in [1.165, 1.54) is 37.8 Å². The highest BCUT2D eigenvalue weighted by atomic mass is 16.3. The third-order valence-electron chi connectivity index (χ3n) is 15.4. The van der Waals surface area contributed by atoms with Crippen molar-refractivity contribution in [1.82, 2.24) is 0 Å². The predicted molar refractivity (Wildman–Crippen MR) is 203 cm³/mol. The van der Waals surface area contributed by atoms with Crippen LogP contribution in [0.1, 0.15) is 77.0 Å². The Labute approximate surface area is 319 Å². The molecule has 0 amide bonds. The second-order valence-corrected chi connectivity index (χ2v) is 18.6. The molecule has 4 N–H and O–H groups in total. The molecule has 2 saturated heterocycles. The van der Waals surface area contributed by atoms with Crippen LogP contribution in [0.3, 0.4) is 0 Å². The van der Waals surface area contributed by atoms with Crippen molar-refractivity contribution in [3.05, 3.63) is 85.1 Å². The van der Waals surface area contributed by atoms with Crippen LogP contribution >= 0.6 is 0 Å². The maximum Gasteiger partial charge on any atom is 0.220 e. The molecule has 292 valence electrons. The third-order valence-corrected chi connectivity index (χ3v) is 15.4. The van der Waals surface area contributed by atoms with Crippen LogP contribution in [0, 0.1) is 37.5 Å². The third kappa shape index (κ3) is 5.26. The second-order valence-electron chi connectivity index (χ2n) is 18.6. The van der Waals surface area contributed by atoms with E-state index in [0.717, 1.165) is 58.1 Å². The summed E-state index contributed by atoms with van der Waals surface area (Å²) < 4.78 is 1.58. The molecule has 2 heterocycles. The van der Waals surface area contributed by atoms with E-state index in [2.05, 4.69) is 26.2 Å². The monoisotopic (exact) mass is 742 g/mol. The van der Waals surface area contributed by atoms with E-state index < -0.39 is 33.6 Å². The van der Waals surface area contributed by atoms with Crippen molar-refractivity contribution >= 4 is 23.1 Å². The van der Waals surface area contributed by atoms with Gasteiger partial charge in [0.2, 0.25) is 11.6 Å². The van der Waals surface area contributed by atoms with Gasteiger partial charge in [0.05, 0.1) is 40.3 Å². The zero-order valence-corrected chi connectivity index (χ0v) is 32.4. The van der Waals surface area contributed by atoms with Crippen molar-refractivity contribution in [3.8, 4) is 0 Å². The molecule has 0 aromatic carbocycles. The highest BCUT2D eigenvalue weighted by molar-refractivity contribution is 6.06. The molecule has 4 saturated carbocycles. The molecule has 10 aliphatic rings. The Morgan fingerprint density at radius 2 is 0.981 bits per heavy atom. The number of hydrogen-bond donors (Lipinski definition) is 4. The minimum atomic E-state index is -1.08. The summed E-state index contributed by atoms with van der Waals surface area (Å²) in [5.74, 6) is 0.303. The Balaban J connectivity index is 0.000000161. The Morgan fingerprint density at radius 1 is 0.611 bits per heavy atom. The number of carbonyl (C=O) groups excluding carboxylic acids is 4. The zero-order valence-electron chi connectivity index (χ0n) is 32.4. The Kier molecular flexibility index (Phi) is 9.01. The number of allylic oxidation sites excluding steroid dienone is 6. The van der Waals surface area contributed by atoms with Gasteiger partial charge < -0.3 is 44.2 Å². The number of aliphatic hydroxyl groups excluding tert-OH is 2. The van der Waals surface area contributed by atoms with Gasteiger partial charge in [0, 0.05) is 72.3 Å². The molecule has 4 bridgehead atoms. The maximum atomic E-state index is 12.4. The van der Waals surface area contributed by atoms with Crippen LogP contribution in [0.5, 0.6) is 0 Å². The van der Waals surface area contributed by atoms with Crippen LogP contribution in [-0.2, 0) is 19.2 Å². The number of nitrogens with zero attached hydrogens (tertiary/aromatic N) is 2. The molecule has 8 atom stereocenters.